The highest BCUT2D eigenvalue weighted by atomic mass is 19.4. The molecule has 1 aromatic carbocycles. The fourth-order valence-corrected chi connectivity index (χ4v) is 6.07. The normalized spacial score (nSPS) is 26.3. The summed E-state index contributed by atoms with van der Waals surface area (Å²) in [6, 6.07) is 3.72. The molecule has 5 aliphatic rings. The molecule has 1 aromatic heterocycles. The molecule has 0 unspecified atom stereocenters. The summed E-state index contributed by atoms with van der Waals surface area (Å²) in [5.74, 6) is 1.67. The second-order valence-corrected chi connectivity index (χ2v) is 10.0. The Morgan fingerprint density at radius 3 is 2.70 bits per heavy atom. The molecule has 33 heavy (non-hydrogen) atoms. The minimum atomic E-state index is -4.41. The molecule has 1 atom stereocenters. The number of anilines is 1. The number of hydrogen-bond donors (Lipinski definition) is 1. The molecule has 0 saturated heterocycles. The summed E-state index contributed by atoms with van der Waals surface area (Å²) in [6.45, 7) is 5.82. The third kappa shape index (κ3) is 3.04. The Morgan fingerprint density at radius 1 is 1.27 bits per heavy atom. The van der Waals surface area contributed by atoms with Crippen LogP contribution in [0.15, 0.2) is 23.2 Å². The van der Waals surface area contributed by atoms with Crippen molar-refractivity contribution in [3.05, 3.63) is 51.6 Å². The van der Waals surface area contributed by atoms with Gasteiger partial charge in [-0.1, -0.05) is 12.1 Å². The zero-order chi connectivity index (χ0) is 23.1. The van der Waals surface area contributed by atoms with Crippen LogP contribution in [-0.2, 0) is 30.6 Å². The van der Waals surface area contributed by atoms with E-state index < -0.39 is 17.8 Å². The highest BCUT2D eigenvalue weighted by Crippen LogP contribution is 2.65. The van der Waals surface area contributed by atoms with Gasteiger partial charge in [0.2, 0.25) is 11.9 Å². The number of alkyl halides is 3. The molecule has 3 fully saturated rings. The van der Waals surface area contributed by atoms with Crippen molar-refractivity contribution in [3.8, 4) is 0 Å². The molecular weight excluding hydrogens is 431 g/mol. The average molecular weight is 458 g/mol. The summed E-state index contributed by atoms with van der Waals surface area (Å²) in [4.78, 5) is 24.7. The Kier molecular flexibility index (Phi) is 4.30. The monoisotopic (exact) mass is 457 g/mol. The van der Waals surface area contributed by atoms with Crippen molar-refractivity contribution in [2.75, 3.05) is 11.9 Å². The molecule has 3 heterocycles. The predicted octanol–water partition coefficient (Wildman–Crippen LogP) is 3.94. The van der Waals surface area contributed by atoms with Crippen molar-refractivity contribution in [1.82, 2.24) is 14.5 Å². The second kappa shape index (κ2) is 6.84. The summed E-state index contributed by atoms with van der Waals surface area (Å²) in [5, 5.41) is 3.27. The summed E-state index contributed by atoms with van der Waals surface area (Å²) in [6.07, 6.45) is -1.39. The lowest BCUT2D eigenvalue weighted by Gasteiger charge is -2.61. The van der Waals surface area contributed by atoms with Gasteiger partial charge < -0.3 is 14.8 Å². The number of fused-ring (bicyclic) bond motifs is 3. The smallest absolute Gasteiger partial charge is 0.354 e. The van der Waals surface area contributed by atoms with E-state index in [1.807, 2.05) is 4.90 Å². The standard InChI is InChI=1S/C24H26F3N5O/c1-13-16(4-3-5-18(13)24(25,26)27)14(2)29-20-17-11-31(21(33)23-8-15(9-23)10-23)12-19(17)32-7-6-28-22(32)30-20/h3-5,14-15H,6-12H2,1-2H3,(H,28,29,30)/t14-,15?,23?/m1/s1. The first-order valence-corrected chi connectivity index (χ1v) is 11.5. The Hall–Kier alpha value is -2.84. The highest BCUT2D eigenvalue weighted by molar-refractivity contribution is 5.86. The first kappa shape index (κ1) is 20.7. The van der Waals surface area contributed by atoms with Crippen molar-refractivity contribution in [1.29, 1.82) is 0 Å². The second-order valence-electron chi connectivity index (χ2n) is 10.0. The summed E-state index contributed by atoms with van der Waals surface area (Å²) >= 11 is 0. The van der Waals surface area contributed by atoms with Gasteiger partial charge in [-0.3, -0.25) is 9.79 Å². The van der Waals surface area contributed by atoms with Crippen LogP contribution in [0.4, 0.5) is 19.1 Å². The van der Waals surface area contributed by atoms with Crippen LogP contribution < -0.4 is 10.8 Å². The zero-order valence-electron chi connectivity index (χ0n) is 18.7. The molecule has 0 radical (unpaired) electrons. The molecule has 7 rings (SSSR count). The lowest BCUT2D eigenvalue weighted by molar-refractivity contribution is -0.177. The van der Waals surface area contributed by atoms with Gasteiger partial charge in [0.25, 0.3) is 0 Å². The van der Waals surface area contributed by atoms with Gasteiger partial charge in [0.1, 0.15) is 0 Å². The lowest BCUT2D eigenvalue weighted by Crippen LogP contribution is -2.60. The number of carbonyl (C=O) groups is 1. The molecule has 0 spiro atoms. The largest absolute Gasteiger partial charge is 0.416 e. The van der Waals surface area contributed by atoms with Gasteiger partial charge in [0.15, 0.2) is 5.49 Å². The van der Waals surface area contributed by atoms with Crippen LogP contribution in [0.2, 0.25) is 0 Å². The van der Waals surface area contributed by atoms with E-state index in [0.29, 0.717) is 30.1 Å². The summed E-state index contributed by atoms with van der Waals surface area (Å²) < 4.78 is 42.3. The van der Waals surface area contributed by atoms with Gasteiger partial charge in [-0.25, -0.2) is 0 Å². The minimum absolute atomic E-state index is 0.147. The van der Waals surface area contributed by atoms with E-state index >= 15 is 0 Å². The Bertz CT molecular complexity index is 1230. The van der Waals surface area contributed by atoms with Gasteiger partial charge in [0.05, 0.1) is 30.1 Å². The van der Waals surface area contributed by atoms with Crippen LogP contribution in [0, 0.1) is 18.3 Å². The number of carbonyl (C=O) groups excluding carboxylic acids is 1. The first-order valence-electron chi connectivity index (χ1n) is 11.5. The van der Waals surface area contributed by atoms with E-state index in [0.717, 1.165) is 55.6 Å². The van der Waals surface area contributed by atoms with Gasteiger partial charge >= 0.3 is 6.18 Å². The zero-order valence-corrected chi connectivity index (χ0v) is 18.7. The van der Waals surface area contributed by atoms with E-state index in [9.17, 15) is 18.0 Å². The Morgan fingerprint density at radius 2 is 2.03 bits per heavy atom. The first-order chi connectivity index (χ1) is 15.7. The molecule has 6 nitrogen and oxygen atoms in total. The predicted molar refractivity (Wildman–Crippen MR) is 115 cm³/mol. The molecular formula is C24H26F3N5O. The third-order valence-electron chi connectivity index (χ3n) is 7.95. The van der Waals surface area contributed by atoms with E-state index in [4.69, 9.17) is 9.98 Å². The van der Waals surface area contributed by atoms with Crippen molar-refractivity contribution >= 4 is 11.9 Å². The number of nitrogens with zero attached hydrogens (tertiary/aromatic N) is 4. The maximum Gasteiger partial charge on any atom is 0.416 e. The molecule has 9 heteroatoms. The van der Waals surface area contributed by atoms with Crippen LogP contribution in [0.1, 0.15) is 60.2 Å². The highest BCUT2D eigenvalue weighted by Gasteiger charge is 2.62. The van der Waals surface area contributed by atoms with E-state index in [1.165, 1.54) is 13.0 Å². The number of rotatable bonds is 3. The summed E-state index contributed by atoms with van der Waals surface area (Å²) in [5.41, 5.74) is 2.40. The van der Waals surface area contributed by atoms with Crippen LogP contribution in [-0.4, -0.2) is 26.9 Å². The van der Waals surface area contributed by atoms with Crippen molar-refractivity contribution in [2.45, 2.75) is 65.0 Å². The van der Waals surface area contributed by atoms with Gasteiger partial charge in [-0.2, -0.15) is 18.2 Å². The molecule has 1 amide bonds. The molecule has 3 saturated carbocycles. The number of halogens is 3. The van der Waals surface area contributed by atoms with Crippen LogP contribution in [0.5, 0.6) is 0 Å². The maximum atomic E-state index is 13.4. The molecule has 2 bridgehead atoms. The van der Waals surface area contributed by atoms with Crippen LogP contribution in [0.25, 0.3) is 0 Å². The number of aromatic nitrogens is 2. The molecule has 3 aliphatic carbocycles. The number of benzene rings is 1. The Labute approximate surface area is 189 Å². The van der Waals surface area contributed by atoms with E-state index in [2.05, 4.69) is 9.88 Å². The third-order valence-corrected chi connectivity index (χ3v) is 7.95. The average Bonchev–Trinajstić information content (AvgIpc) is 3.31. The molecule has 1 N–H and O–H groups in total. The fraction of sp³-hybridized carbons (Fsp3) is 0.542. The van der Waals surface area contributed by atoms with Crippen LogP contribution >= 0.6 is 0 Å². The number of amides is 1. The fourth-order valence-electron chi connectivity index (χ4n) is 6.07. The maximum absolute atomic E-state index is 13.4. The summed E-state index contributed by atoms with van der Waals surface area (Å²) in [7, 11) is 0. The minimum Gasteiger partial charge on any atom is -0.354 e. The molecule has 2 aromatic rings. The van der Waals surface area contributed by atoms with Crippen molar-refractivity contribution in [3.63, 3.8) is 0 Å². The lowest BCUT2D eigenvalue weighted by atomic mass is 9.44. The van der Waals surface area contributed by atoms with E-state index in [1.54, 1.807) is 13.0 Å². The van der Waals surface area contributed by atoms with Crippen molar-refractivity contribution in [2.24, 2.45) is 16.3 Å². The van der Waals surface area contributed by atoms with Gasteiger partial charge in [-0.15, -0.1) is 0 Å². The quantitative estimate of drug-likeness (QED) is 0.760. The van der Waals surface area contributed by atoms with Gasteiger partial charge in [-0.05, 0) is 56.2 Å². The topological polar surface area (TPSA) is 62.5 Å². The molecule has 174 valence electrons. The molecule has 2 aliphatic heterocycles. The number of hydrogen-bond acceptors (Lipinski definition) is 4. The van der Waals surface area contributed by atoms with Gasteiger partial charge in [0, 0.05) is 24.3 Å². The van der Waals surface area contributed by atoms with E-state index in [-0.39, 0.29) is 16.9 Å². The SMILES string of the molecule is Cc1c([C@@H](C)N=c2nc3n(c4c2CN(C(=O)C25CC(C2)C5)C4)CCN3)cccc1C(F)(F)F. The van der Waals surface area contributed by atoms with Crippen LogP contribution in [0.3, 0.4) is 0 Å². The Balaban J connectivity index is 1.39. The number of nitrogens with one attached hydrogen (secondary N) is 1. The van der Waals surface area contributed by atoms with Crippen molar-refractivity contribution < 1.29 is 18.0 Å².